The lowest BCUT2D eigenvalue weighted by molar-refractivity contribution is -0.203. The van der Waals surface area contributed by atoms with Gasteiger partial charge in [-0.1, -0.05) is 50.2 Å². The van der Waals surface area contributed by atoms with Crippen LogP contribution in [0.25, 0.3) is 10.8 Å². The molecule has 2 aromatic rings. The van der Waals surface area contributed by atoms with Gasteiger partial charge in [0.1, 0.15) is 0 Å². The van der Waals surface area contributed by atoms with Gasteiger partial charge in [-0.15, -0.1) is 0 Å². The average molecular weight is 378 g/mol. The predicted molar refractivity (Wildman–Crippen MR) is 100.0 cm³/mol. The van der Waals surface area contributed by atoms with Crippen LogP contribution in [0.5, 0.6) is 0 Å². The first-order chi connectivity index (χ1) is 12.5. The highest BCUT2D eigenvalue weighted by atomic mass is 19.4. The molecule has 0 aromatic heterocycles. The maximum atomic E-state index is 14.2. The molecule has 6 heteroatoms. The van der Waals surface area contributed by atoms with E-state index in [0.29, 0.717) is 11.3 Å². The SMILES string of the molecule is CC(C)Cc1cccc2c(C(N3NC(=O)CC3(C)C)C(F)(F)F)cccc12. The number of carbonyl (C=O) groups excluding carboxylic acids is 1. The van der Waals surface area contributed by atoms with Crippen molar-refractivity contribution in [3.63, 3.8) is 0 Å². The average Bonchev–Trinajstić information content (AvgIpc) is 2.79. The van der Waals surface area contributed by atoms with Crippen LogP contribution in [-0.2, 0) is 11.2 Å². The summed E-state index contributed by atoms with van der Waals surface area (Å²) in [7, 11) is 0. The lowest BCUT2D eigenvalue weighted by Crippen LogP contribution is -2.51. The third kappa shape index (κ3) is 3.81. The van der Waals surface area contributed by atoms with E-state index in [1.807, 2.05) is 18.2 Å². The summed E-state index contributed by atoms with van der Waals surface area (Å²) in [4.78, 5) is 11.9. The van der Waals surface area contributed by atoms with Gasteiger partial charge in [0.15, 0.2) is 6.04 Å². The van der Waals surface area contributed by atoms with E-state index < -0.39 is 23.7 Å². The highest BCUT2D eigenvalue weighted by molar-refractivity contribution is 5.89. The van der Waals surface area contributed by atoms with Crippen LogP contribution in [0.2, 0.25) is 0 Å². The Balaban J connectivity index is 2.19. The Hall–Kier alpha value is -2.08. The van der Waals surface area contributed by atoms with Gasteiger partial charge in [-0.05, 0) is 48.1 Å². The molecule has 3 rings (SSSR count). The van der Waals surface area contributed by atoms with E-state index in [0.717, 1.165) is 22.4 Å². The first kappa shape index (κ1) is 19.7. The molecule has 3 nitrogen and oxygen atoms in total. The van der Waals surface area contributed by atoms with Gasteiger partial charge in [0, 0.05) is 12.0 Å². The number of halogens is 3. The van der Waals surface area contributed by atoms with Crippen molar-refractivity contribution in [3.05, 3.63) is 47.5 Å². The molecule has 1 fully saturated rings. The summed E-state index contributed by atoms with van der Waals surface area (Å²) in [6.45, 7) is 7.48. The van der Waals surface area contributed by atoms with E-state index in [1.165, 1.54) is 6.07 Å². The monoisotopic (exact) mass is 378 g/mol. The van der Waals surface area contributed by atoms with Crippen LogP contribution in [-0.4, -0.2) is 22.6 Å². The van der Waals surface area contributed by atoms with Crippen molar-refractivity contribution >= 4 is 16.7 Å². The van der Waals surface area contributed by atoms with E-state index in [4.69, 9.17) is 0 Å². The lowest BCUT2D eigenvalue weighted by atomic mass is 9.90. The van der Waals surface area contributed by atoms with Crippen molar-refractivity contribution in [2.45, 2.75) is 58.3 Å². The minimum absolute atomic E-state index is 0.0307. The molecule has 2 aromatic carbocycles. The molecule has 1 saturated heterocycles. The number of nitrogens with one attached hydrogen (secondary N) is 1. The van der Waals surface area contributed by atoms with Gasteiger partial charge >= 0.3 is 6.18 Å². The number of fused-ring (bicyclic) bond motifs is 1. The van der Waals surface area contributed by atoms with Crippen molar-refractivity contribution in [2.75, 3.05) is 0 Å². The summed E-state index contributed by atoms with van der Waals surface area (Å²) < 4.78 is 42.5. The fourth-order valence-electron chi connectivity index (χ4n) is 3.93. The molecular formula is C21H25F3N2O. The summed E-state index contributed by atoms with van der Waals surface area (Å²) in [5.74, 6) is 0.00413. The minimum Gasteiger partial charge on any atom is -0.287 e. The van der Waals surface area contributed by atoms with Crippen molar-refractivity contribution in [2.24, 2.45) is 5.92 Å². The van der Waals surface area contributed by atoms with Crippen LogP contribution >= 0.6 is 0 Å². The Morgan fingerprint density at radius 3 is 2.30 bits per heavy atom. The van der Waals surface area contributed by atoms with Gasteiger partial charge < -0.3 is 0 Å². The Labute approximate surface area is 157 Å². The highest BCUT2D eigenvalue weighted by Gasteiger charge is 2.53. The van der Waals surface area contributed by atoms with E-state index in [9.17, 15) is 18.0 Å². The smallest absolute Gasteiger partial charge is 0.287 e. The number of hydrogen-bond donors (Lipinski definition) is 1. The number of amides is 1. The largest absolute Gasteiger partial charge is 0.409 e. The molecule has 1 heterocycles. The zero-order valence-electron chi connectivity index (χ0n) is 16.0. The second-order valence-corrected chi connectivity index (χ2v) is 8.30. The van der Waals surface area contributed by atoms with Gasteiger partial charge in [0.25, 0.3) is 0 Å². The standard InChI is InChI=1S/C21H25F3N2O/c1-13(2)11-14-7-5-9-16-15(14)8-6-10-17(16)19(21(22,23)24)26-20(3,4)12-18(27)25-26/h5-10,13,19H,11-12H2,1-4H3,(H,25,27). The maximum Gasteiger partial charge on any atom is 0.409 e. The van der Waals surface area contributed by atoms with Crippen LogP contribution < -0.4 is 5.43 Å². The fourth-order valence-corrected chi connectivity index (χ4v) is 3.93. The van der Waals surface area contributed by atoms with Gasteiger partial charge in [-0.2, -0.15) is 18.2 Å². The lowest BCUT2D eigenvalue weighted by Gasteiger charge is -2.38. The molecule has 1 aliphatic rings. The Morgan fingerprint density at radius 1 is 1.11 bits per heavy atom. The summed E-state index contributed by atoms with van der Waals surface area (Å²) in [6, 6.07) is 8.67. The van der Waals surface area contributed by atoms with E-state index >= 15 is 0 Å². The van der Waals surface area contributed by atoms with Crippen molar-refractivity contribution in [1.82, 2.24) is 10.4 Å². The van der Waals surface area contributed by atoms with Gasteiger partial charge in [-0.25, -0.2) is 0 Å². The van der Waals surface area contributed by atoms with Crippen molar-refractivity contribution in [3.8, 4) is 0 Å². The topological polar surface area (TPSA) is 32.3 Å². The Morgan fingerprint density at radius 2 is 1.74 bits per heavy atom. The summed E-state index contributed by atoms with van der Waals surface area (Å²) in [5, 5.41) is 2.48. The summed E-state index contributed by atoms with van der Waals surface area (Å²) >= 11 is 0. The highest BCUT2D eigenvalue weighted by Crippen LogP contribution is 2.45. The van der Waals surface area contributed by atoms with E-state index in [1.54, 1.807) is 26.0 Å². The van der Waals surface area contributed by atoms with Gasteiger partial charge in [-0.3, -0.25) is 10.2 Å². The molecule has 0 aliphatic carbocycles. The minimum atomic E-state index is -4.53. The second kappa shape index (κ2) is 6.82. The molecule has 0 bridgehead atoms. The molecule has 1 unspecified atom stereocenters. The number of benzene rings is 2. The molecule has 0 spiro atoms. The molecule has 1 amide bonds. The number of rotatable bonds is 4. The van der Waals surface area contributed by atoms with Crippen LogP contribution in [0.4, 0.5) is 13.2 Å². The summed E-state index contributed by atoms with van der Waals surface area (Å²) in [6.07, 6.45) is -3.70. The van der Waals surface area contributed by atoms with Crippen LogP contribution in [0.1, 0.15) is 51.3 Å². The predicted octanol–water partition coefficient (Wildman–Crippen LogP) is 5.16. The second-order valence-electron chi connectivity index (χ2n) is 8.30. The zero-order chi connectivity index (χ0) is 20.0. The first-order valence-electron chi connectivity index (χ1n) is 9.17. The zero-order valence-corrected chi connectivity index (χ0v) is 16.0. The van der Waals surface area contributed by atoms with Crippen molar-refractivity contribution in [1.29, 1.82) is 0 Å². The molecule has 146 valence electrons. The van der Waals surface area contributed by atoms with E-state index in [-0.39, 0.29) is 12.0 Å². The van der Waals surface area contributed by atoms with Crippen LogP contribution in [0, 0.1) is 5.92 Å². The third-order valence-corrected chi connectivity index (χ3v) is 5.03. The number of nitrogens with zero attached hydrogens (tertiary/aromatic N) is 1. The number of hydrogen-bond acceptors (Lipinski definition) is 2. The first-order valence-corrected chi connectivity index (χ1v) is 9.17. The molecule has 1 aliphatic heterocycles. The van der Waals surface area contributed by atoms with Crippen molar-refractivity contribution < 1.29 is 18.0 Å². The molecular weight excluding hydrogens is 353 g/mol. The Kier molecular flexibility index (Phi) is 4.97. The number of hydrazine groups is 1. The molecule has 0 saturated carbocycles. The number of carbonyl (C=O) groups is 1. The molecule has 1 atom stereocenters. The third-order valence-electron chi connectivity index (χ3n) is 5.03. The van der Waals surface area contributed by atoms with Gasteiger partial charge in [0.2, 0.25) is 5.91 Å². The molecule has 1 N–H and O–H groups in total. The quantitative estimate of drug-likeness (QED) is 0.797. The number of alkyl halides is 3. The van der Waals surface area contributed by atoms with Crippen LogP contribution in [0.15, 0.2) is 36.4 Å². The molecule has 0 radical (unpaired) electrons. The Bertz CT molecular complexity index is 858. The van der Waals surface area contributed by atoms with Crippen LogP contribution in [0.3, 0.4) is 0 Å². The maximum absolute atomic E-state index is 14.2. The summed E-state index contributed by atoms with van der Waals surface area (Å²) in [5.41, 5.74) is 2.70. The van der Waals surface area contributed by atoms with Gasteiger partial charge in [0.05, 0.1) is 0 Å². The normalized spacial score (nSPS) is 18.9. The fraction of sp³-hybridized carbons (Fsp3) is 0.476. The molecule has 27 heavy (non-hydrogen) atoms. The van der Waals surface area contributed by atoms with E-state index in [2.05, 4.69) is 19.3 Å².